The van der Waals surface area contributed by atoms with Crippen molar-refractivity contribution in [2.45, 2.75) is 38.5 Å². The molecule has 27 heavy (non-hydrogen) atoms. The molecule has 0 aromatic heterocycles. The van der Waals surface area contributed by atoms with Gasteiger partial charge in [-0.05, 0) is 49.3 Å². The fourth-order valence-corrected chi connectivity index (χ4v) is 3.56. The second kappa shape index (κ2) is 8.87. The zero-order chi connectivity index (χ0) is 19.2. The summed E-state index contributed by atoms with van der Waals surface area (Å²) in [5, 5.41) is 12.8. The highest BCUT2D eigenvalue weighted by Crippen LogP contribution is 2.28. The smallest absolute Gasteiger partial charge is 0.333 e. The predicted molar refractivity (Wildman–Crippen MR) is 106 cm³/mol. The van der Waals surface area contributed by atoms with Gasteiger partial charge in [0, 0.05) is 22.7 Å². The summed E-state index contributed by atoms with van der Waals surface area (Å²) in [6.45, 7) is 0. The molecular formula is C22H22ClNO3. The Labute approximate surface area is 163 Å². The van der Waals surface area contributed by atoms with Gasteiger partial charge in [0.05, 0.1) is 5.57 Å². The SMILES string of the molecule is O=C(CCc1ccc(-c2ccccc2Cl)cc1)NC1=C(C(=O)O)CCCC1. The van der Waals surface area contributed by atoms with E-state index in [9.17, 15) is 14.7 Å². The van der Waals surface area contributed by atoms with Crippen molar-refractivity contribution in [2.24, 2.45) is 0 Å². The number of halogens is 1. The number of carboxylic acid groups (broad SMARTS) is 1. The van der Waals surface area contributed by atoms with Crippen LogP contribution in [-0.2, 0) is 16.0 Å². The number of hydrogen-bond acceptors (Lipinski definition) is 2. The van der Waals surface area contributed by atoms with E-state index in [0.29, 0.717) is 42.0 Å². The number of hydrogen-bond donors (Lipinski definition) is 2. The van der Waals surface area contributed by atoms with Gasteiger partial charge in [-0.25, -0.2) is 4.79 Å². The molecule has 0 saturated carbocycles. The number of carbonyl (C=O) groups is 2. The first kappa shape index (κ1) is 19.2. The third kappa shape index (κ3) is 4.98. The number of rotatable bonds is 6. The van der Waals surface area contributed by atoms with Crippen LogP contribution >= 0.6 is 11.6 Å². The van der Waals surface area contributed by atoms with Gasteiger partial charge in [0.2, 0.25) is 5.91 Å². The number of allylic oxidation sites excluding steroid dienone is 1. The standard InChI is InChI=1S/C22H22ClNO3/c23-19-7-3-1-5-17(19)16-12-9-15(10-13-16)11-14-21(25)24-20-8-4-2-6-18(20)22(26)27/h1,3,5,7,9-10,12-13H,2,4,6,8,11,14H2,(H,24,25)(H,26,27). The molecule has 0 saturated heterocycles. The zero-order valence-corrected chi connectivity index (χ0v) is 15.8. The molecule has 140 valence electrons. The van der Waals surface area contributed by atoms with Crippen LogP contribution in [0.4, 0.5) is 0 Å². The quantitative estimate of drug-likeness (QED) is 0.740. The van der Waals surface area contributed by atoms with Crippen LogP contribution in [0.5, 0.6) is 0 Å². The number of carbonyl (C=O) groups excluding carboxylic acids is 1. The Kier molecular flexibility index (Phi) is 6.30. The average Bonchev–Trinajstić information content (AvgIpc) is 2.67. The number of amides is 1. The number of nitrogens with one attached hydrogen (secondary N) is 1. The highest BCUT2D eigenvalue weighted by atomic mass is 35.5. The van der Waals surface area contributed by atoms with Crippen molar-refractivity contribution in [3.63, 3.8) is 0 Å². The molecule has 2 N–H and O–H groups in total. The Balaban J connectivity index is 1.59. The Morgan fingerprint density at radius 1 is 1.00 bits per heavy atom. The second-order valence-electron chi connectivity index (χ2n) is 6.69. The first-order valence-corrected chi connectivity index (χ1v) is 9.51. The third-order valence-corrected chi connectivity index (χ3v) is 5.13. The van der Waals surface area contributed by atoms with Gasteiger partial charge in [0.15, 0.2) is 0 Å². The van der Waals surface area contributed by atoms with Gasteiger partial charge >= 0.3 is 5.97 Å². The van der Waals surface area contributed by atoms with Gasteiger partial charge in [-0.3, -0.25) is 4.79 Å². The van der Waals surface area contributed by atoms with Crippen LogP contribution in [0.2, 0.25) is 5.02 Å². The molecule has 1 aliphatic rings. The molecule has 0 heterocycles. The molecule has 3 rings (SSSR count). The van der Waals surface area contributed by atoms with E-state index in [1.165, 1.54) is 0 Å². The van der Waals surface area contributed by atoms with Gasteiger partial charge < -0.3 is 10.4 Å². The highest BCUT2D eigenvalue weighted by molar-refractivity contribution is 6.33. The summed E-state index contributed by atoms with van der Waals surface area (Å²) in [7, 11) is 0. The molecule has 0 spiro atoms. The second-order valence-corrected chi connectivity index (χ2v) is 7.10. The molecule has 2 aromatic rings. The lowest BCUT2D eigenvalue weighted by molar-refractivity contribution is -0.133. The normalized spacial score (nSPS) is 14.1. The summed E-state index contributed by atoms with van der Waals surface area (Å²) in [5.41, 5.74) is 3.99. The Morgan fingerprint density at radius 3 is 2.41 bits per heavy atom. The minimum Gasteiger partial charge on any atom is -0.478 e. The van der Waals surface area contributed by atoms with E-state index in [0.717, 1.165) is 29.5 Å². The molecular weight excluding hydrogens is 362 g/mol. The summed E-state index contributed by atoms with van der Waals surface area (Å²) < 4.78 is 0. The van der Waals surface area contributed by atoms with Crippen LogP contribution in [0.3, 0.4) is 0 Å². The number of carboxylic acids is 1. The molecule has 4 nitrogen and oxygen atoms in total. The van der Waals surface area contributed by atoms with Gasteiger partial charge in [0.1, 0.15) is 0 Å². The maximum atomic E-state index is 12.2. The van der Waals surface area contributed by atoms with Crippen molar-refractivity contribution >= 4 is 23.5 Å². The molecule has 0 unspecified atom stereocenters. The van der Waals surface area contributed by atoms with E-state index in [-0.39, 0.29) is 5.91 Å². The molecule has 0 radical (unpaired) electrons. The van der Waals surface area contributed by atoms with Gasteiger partial charge in [-0.15, -0.1) is 0 Å². The van der Waals surface area contributed by atoms with Gasteiger partial charge in [0.25, 0.3) is 0 Å². The Bertz CT molecular complexity index is 871. The number of benzene rings is 2. The van der Waals surface area contributed by atoms with E-state index in [1.807, 2.05) is 48.5 Å². The molecule has 0 fully saturated rings. The maximum absolute atomic E-state index is 12.2. The first-order valence-electron chi connectivity index (χ1n) is 9.13. The van der Waals surface area contributed by atoms with E-state index in [1.54, 1.807) is 0 Å². The third-order valence-electron chi connectivity index (χ3n) is 4.80. The Hall–Kier alpha value is -2.59. The molecule has 2 aromatic carbocycles. The monoisotopic (exact) mass is 383 g/mol. The summed E-state index contributed by atoms with van der Waals surface area (Å²) in [5.74, 6) is -1.07. The number of aliphatic carboxylic acids is 1. The van der Waals surface area contributed by atoms with Crippen molar-refractivity contribution in [1.82, 2.24) is 5.32 Å². The summed E-state index contributed by atoms with van der Waals surface area (Å²) in [6, 6.07) is 15.7. The van der Waals surface area contributed by atoms with Crippen LogP contribution in [0.15, 0.2) is 59.8 Å². The molecule has 1 aliphatic carbocycles. The number of aryl methyl sites for hydroxylation is 1. The van der Waals surface area contributed by atoms with E-state index in [2.05, 4.69) is 5.32 Å². The van der Waals surface area contributed by atoms with Gasteiger partial charge in [-0.2, -0.15) is 0 Å². The summed E-state index contributed by atoms with van der Waals surface area (Å²) >= 11 is 6.23. The lowest BCUT2D eigenvalue weighted by Crippen LogP contribution is -2.27. The molecule has 0 aliphatic heterocycles. The van der Waals surface area contributed by atoms with Crippen LogP contribution in [0.1, 0.15) is 37.7 Å². The van der Waals surface area contributed by atoms with Crippen LogP contribution < -0.4 is 5.32 Å². The molecule has 1 amide bonds. The van der Waals surface area contributed by atoms with Crippen molar-refractivity contribution in [3.05, 3.63) is 70.4 Å². The molecule has 0 bridgehead atoms. The van der Waals surface area contributed by atoms with Gasteiger partial charge in [-0.1, -0.05) is 54.1 Å². The fourth-order valence-electron chi connectivity index (χ4n) is 3.31. The topological polar surface area (TPSA) is 66.4 Å². The van der Waals surface area contributed by atoms with E-state index >= 15 is 0 Å². The Morgan fingerprint density at radius 2 is 1.70 bits per heavy atom. The average molecular weight is 384 g/mol. The van der Waals surface area contributed by atoms with Crippen molar-refractivity contribution in [2.75, 3.05) is 0 Å². The summed E-state index contributed by atoms with van der Waals surface area (Å²) in [4.78, 5) is 23.5. The van der Waals surface area contributed by atoms with Crippen molar-refractivity contribution in [3.8, 4) is 11.1 Å². The lowest BCUT2D eigenvalue weighted by atomic mass is 9.96. The van der Waals surface area contributed by atoms with E-state index < -0.39 is 5.97 Å². The van der Waals surface area contributed by atoms with Crippen molar-refractivity contribution in [1.29, 1.82) is 0 Å². The predicted octanol–water partition coefficient (Wildman–Crippen LogP) is 4.97. The van der Waals surface area contributed by atoms with Crippen LogP contribution in [0, 0.1) is 0 Å². The summed E-state index contributed by atoms with van der Waals surface area (Å²) in [6.07, 6.45) is 3.84. The zero-order valence-electron chi connectivity index (χ0n) is 15.0. The molecule has 5 heteroatoms. The minimum absolute atomic E-state index is 0.138. The lowest BCUT2D eigenvalue weighted by Gasteiger charge is -2.18. The van der Waals surface area contributed by atoms with Crippen LogP contribution in [0.25, 0.3) is 11.1 Å². The fraction of sp³-hybridized carbons (Fsp3) is 0.273. The maximum Gasteiger partial charge on any atom is 0.333 e. The first-order chi connectivity index (χ1) is 13.0. The van der Waals surface area contributed by atoms with Crippen molar-refractivity contribution < 1.29 is 14.7 Å². The van der Waals surface area contributed by atoms with Crippen LogP contribution in [-0.4, -0.2) is 17.0 Å². The highest BCUT2D eigenvalue weighted by Gasteiger charge is 2.19. The minimum atomic E-state index is -0.930. The largest absolute Gasteiger partial charge is 0.478 e. The molecule has 0 atom stereocenters. The van der Waals surface area contributed by atoms with E-state index in [4.69, 9.17) is 11.6 Å².